The minimum Gasteiger partial charge on any atom is -0.405 e. The van der Waals surface area contributed by atoms with E-state index < -0.39 is 14.1 Å². The molecular formula is C25H35BN3O3PSSi. The first-order chi connectivity index (χ1) is 16.7. The topological polar surface area (TPSA) is 76.5 Å². The van der Waals surface area contributed by atoms with Gasteiger partial charge < -0.3 is 13.9 Å². The standard InChI is InChI=1S/C25H35BN3O3PSSi/c1-17-21(28-29-27)23(34-5)31-20(22(17)32-24(26)33)16-30-35(25(2,3)4,18-12-8-6-9-13-18)19-14-10-7-11-15-19/h6-15,17,20-24H,16,33H2,1-5H3/t17-,20?,21+,22+,23?,24?/m1/s1. The smallest absolute Gasteiger partial charge is 0.261 e. The second kappa shape index (κ2) is 12.3. The number of hydrogen-bond donors (Lipinski definition) is 0. The maximum absolute atomic E-state index is 9.14. The number of hydrogen-bond acceptors (Lipinski definition) is 5. The van der Waals surface area contributed by atoms with Crippen LogP contribution in [0.2, 0.25) is 5.04 Å². The van der Waals surface area contributed by atoms with Crippen LogP contribution in [-0.4, -0.2) is 58.5 Å². The van der Waals surface area contributed by atoms with Gasteiger partial charge in [-0.15, -0.1) is 21.0 Å². The van der Waals surface area contributed by atoms with Crippen molar-refractivity contribution in [2.24, 2.45) is 11.0 Å². The Hall–Kier alpha value is -1.31. The normalized spacial score (nSPS) is 26.1. The van der Waals surface area contributed by atoms with E-state index in [0.29, 0.717) is 6.61 Å². The molecule has 186 valence electrons. The van der Waals surface area contributed by atoms with Gasteiger partial charge in [-0.05, 0) is 33.1 Å². The van der Waals surface area contributed by atoms with Gasteiger partial charge in [-0.1, -0.05) is 93.5 Å². The van der Waals surface area contributed by atoms with E-state index >= 15 is 0 Å². The number of azide groups is 1. The van der Waals surface area contributed by atoms with E-state index in [1.165, 1.54) is 22.1 Å². The quantitative estimate of drug-likeness (QED) is 0.156. The fraction of sp³-hybridized carbons (Fsp3) is 0.520. The fourth-order valence-electron chi connectivity index (χ4n) is 5.02. The molecule has 6 nitrogen and oxygen atoms in total. The second-order valence-electron chi connectivity index (χ2n) is 9.87. The Morgan fingerprint density at radius 2 is 1.69 bits per heavy atom. The molecule has 10 heteroatoms. The summed E-state index contributed by atoms with van der Waals surface area (Å²) in [7, 11) is 5.73. The Balaban J connectivity index is 2.04. The third kappa shape index (κ3) is 6.16. The largest absolute Gasteiger partial charge is 0.405 e. The molecule has 2 radical (unpaired) electrons. The maximum Gasteiger partial charge on any atom is 0.261 e. The van der Waals surface area contributed by atoms with Crippen LogP contribution >= 0.6 is 21.0 Å². The summed E-state index contributed by atoms with van der Waals surface area (Å²) < 4.78 is 19.7. The Morgan fingerprint density at radius 3 is 2.11 bits per heavy atom. The van der Waals surface area contributed by atoms with Crippen LogP contribution in [0.4, 0.5) is 0 Å². The minimum absolute atomic E-state index is 0.101. The summed E-state index contributed by atoms with van der Waals surface area (Å²) in [6, 6.07) is 20.7. The summed E-state index contributed by atoms with van der Waals surface area (Å²) >= 11 is 1.53. The highest BCUT2D eigenvalue weighted by atomic mass is 32.2. The first-order valence-corrected chi connectivity index (χ1v) is 15.7. The summed E-state index contributed by atoms with van der Waals surface area (Å²) in [5, 5.41) is 6.28. The fourth-order valence-corrected chi connectivity index (χ4v) is 10.6. The number of thioether (sulfide) groups is 1. The predicted octanol–water partition coefficient (Wildman–Crippen LogP) is 4.68. The highest BCUT2D eigenvalue weighted by Crippen LogP contribution is 2.39. The van der Waals surface area contributed by atoms with Crippen molar-refractivity contribution in [3.05, 3.63) is 71.1 Å². The Morgan fingerprint density at radius 1 is 1.14 bits per heavy atom. The summed E-state index contributed by atoms with van der Waals surface area (Å²) in [6.07, 6.45) is 1.19. The average molecular weight is 528 g/mol. The number of benzene rings is 2. The van der Waals surface area contributed by atoms with Crippen LogP contribution in [0.1, 0.15) is 27.7 Å². The zero-order valence-corrected chi connectivity index (χ0v) is 24.0. The van der Waals surface area contributed by atoms with Crippen molar-refractivity contribution in [1.82, 2.24) is 0 Å². The van der Waals surface area contributed by atoms with Crippen molar-refractivity contribution < 1.29 is 13.9 Å². The van der Waals surface area contributed by atoms with Crippen molar-refractivity contribution >= 4 is 47.5 Å². The Bertz CT molecular complexity index is 953. The Labute approximate surface area is 218 Å². The van der Waals surface area contributed by atoms with Crippen LogP contribution in [0.15, 0.2) is 65.8 Å². The lowest BCUT2D eigenvalue weighted by Crippen LogP contribution is -2.68. The van der Waals surface area contributed by atoms with E-state index in [-0.39, 0.29) is 34.6 Å². The maximum atomic E-state index is 9.14. The second-order valence-corrected chi connectivity index (χ2v) is 15.8. The van der Waals surface area contributed by atoms with Crippen LogP contribution < -0.4 is 10.4 Å². The van der Waals surface area contributed by atoms with Gasteiger partial charge in [0, 0.05) is 10.7 Å². The molecule has 0 aromatic heterocycles. The molecule has 7 atom stereocenters. The zero-order valence-electron chi connectivity index (χ0n) is 21.1. The van der Waals surface area contributed by atoms with Gasteiger partial charge in [-0.25, -0.2) is 0 Å². The molecule has 4 unspecified atom stereocenters. The molecule has 0 amide bonds. The lowest BCUT2D eigenvalue weighted by atomic mass is 9.89. The van der Waals surface area contributed by atoms with Crippen molar-refractivity contribution in [2.45, 2.75) is 62.2 Å². The van der Waals surface area contributed by atoms with Crippen molar-refractivity contribution in [2.75, 3.05) is 12.9 Å². The van der Waals surface area contributed by atoms with Gasteiger partial charge in [0.2, 0.25) is 0 Å². The van der Waals surface area contributed by atoms with Gasteiger partial charge >= 0.3 is 0 Å². The minimum atomic E-state index is -2.75. The third-order valence-electron chi connectivity index (χ3n) is 6.62. The molecule has 1 fully saturated rings. The Kier molecular flexibility index (Phi) is 9.92. The molecule has 3 rings (SSSR count). The van der Waals surface area contributed by atoms with Gasteiger partial charge in [-0.2, -0.15) is 0 Å². The van der Waals surface area contributed by atoms with Gasteiger partial charge in [0.15, 0.2) is 0 Å². The molecule has 1 aliphatic heterocycles. The molecule has 0 saturated carbocycles. The van der Waals surface area contributed by atoms with Crippen LogP contribution in [0.3, 0.4) is 0 Å². The molecule has 1 saturated heterocycles. The molecular weight excluding hydrogens is 492 g/mol. The van der Waals surface area contributed by atoms with Gasteiger partial charge in [0.25, 0.3) is 8.32 Å². The molecule has 0 spiro atoms. The van der Waals surface area contributed by atoms with E-state index in [0.717, 1.165) is 0 Å². The number of ether oxygens (including phenoxy) is 2. The van der Waals surface area contributed by atoms with Gasteiger partial charge in [0.05, 0.1) is 18.8 Å². The van der Waals surface area contributed by atoms with Crippen molar-refractivity contribution in [3.8, 4) is 0 Å². The summed E-state index contributed by atoms with van der Waals surface area (Å²) in [5.41, 5.74) is 8.84. The highest BCUT2D eigenvalue weighted by molar-refractivity contribution is 7.99. The SMILES string of the molecule is [B]C(P)O[C@@H]1C(CO[Si](c2ccccc2)(c2ccccc2)C(C)(C)C)OC(SC)[C@@H](N=[N+]=[N-])[C@H]1C. The van der Waals surface area contributed by atoms with Crippen LogP contribution in [0.25, 0.3) is 10.4 Å². The van der Waals surface area contributed by atoms with Crippen molar-refractivity contribution in [3.63, 3.8) is 0 Å². The number of rotatable bonds is 9. The molecule has 0 aliphatic carbocycles. The average Bonchev–Trinajstić information content (AvgIpc) is 2.83. The monoisotopic (exact) mass is 527 g/mol. The molecule has 1 aliphatic rings. The van der Waals surface area contributed by atoms with E-state index in [2.05, 4.69) is 88.6 Å². The van der Waals surface area contributed by atoms with E-state index in [9.17, 15) is 0 Å². The lowest BCUT2D eigenvalue weighted by Gasteiger charge is -2.47. The molecule has 0 bridgehead atoms. The zero-order chi connectivity index (χ0) is 25.6. The highest BCUT2D eigenvalue weighted by Gasteiger charge is 2.52. The summed E-state index contributed by atoms with van der Waals surface area (Å²) in [6.45, 7) is 9.11. The first-order valence-electron chi connectivity index (χ1n) is 11.8. The predicted molar refractivity (Wildman–Crippen MR) is 152 cm³/mol. The lowest BCUT2D eigenvalue weighted by molar-refractivity contribution is -0.155. The number of nitrogens with zero attached hydrogens (tertiary/aromatic N) is 3. The van der Waals surface area contributed by atoms with E-state index in [1.54, 1.807) is 0 Å². The van der Waals surface area contributed by atoms with E-state index in [4.69, 9.17) is 27.3 Å². The molecule has 0 N–H and O–H groups in total. The van der Waals surface area contributed by atoms with Gasteiger partial charge in [0.1, 0.15) is 19.4 Å². The van der Waals surface area contributed by atoms with Crippen LogP contribution in [-0.2, 0) is 13.9 Å². The van der Waals surface area contributed by atoms with Gasteiger partial charge in [-0.3, -0.25) is 0 Å². The van der Waals surface area contributed by atoms with E-state index in [1.807, 2.05) is 25.3 Å². The molecule has 35 heavy (non-hydrogen) atoms. The molecule has 1 heterocycles. The molecule has 2 aromatic carbocycles. The van der Waals surface area contributed by atoms with Crippen LogP contribution in [0.5, 0.6) is 0 Å². The first kappa shape index (κ1) is 28.3. The van der Waals surface area contributed by atoms with Crippen LogP contribution in [0, 0.1) is 5.92 Å². The summed E-state index contributed by atoms with van der Waals surface area (Å²) in [5.74, 6) is -0.671. The molecule has 2 aromatic rings. The van der Waals surface area contributed by atoms with Crippen molar-refractivity contribution in [1.29, 1.82) is 0 Å². The third-order valence-corrected chi connectivity index (χ3v) is 12.6. The summed E-state index contributed by atoms with van der Waals surface area (Å²) in [4.78, 5) is 3.06.